The molecule has 0 saturated heterocycles. The second kappa shape index (κ2) is 5.92. The largest absolute Gasteiger partial charge is 0.492 e. The average molecular weight is 322 g/mol. The van der Waals surface area contributed by atoms with Crippen LogP contribution >= 0.6 is 22.6 Å². The maximum absolute atomic E-state index is 10.7. The number of hydrogen-bond acceptors (Lipinski definition) is 3. The van der Waals surface area contributed by atoms with Gasteiger partial charge in [0.15, 0.2) is 0 Å². The molecule has 0 radical (unpaired) electrons. The van der Waals surface area contributed by atoms with E-state index in [1.54, 1.807) is 6.07 Å². The van der Waals surface area contributed by atoms with Gasteiger partial charge < -0.3 is 14.9 Å². The predicted octanol–water partition coefficient (Wildman–Crippen LogP) is 1.75. The molecule has 1 aromatic rings. The molecule has 0 aliphatic rings. The number of carbonyl (C=O) groups is 1. The van der Waals surface area contributed by atoms with E-state index in [2.05, 4.69) is 22.6 Å². The Morgan fingerprint density at radius 2 is 2.20 bits per heavy atom. The van der Waals surface area contributed by atoms with Crippen LogP contribution in [0.2, 0.25) is 0 Å². The molecule has 4 nitrogen and oxygen atoms in total. The van der Waals surface area contributed by atoms with Crippen molar-refractivity contribution in [3.05, 3.63) is 27.3 Å². The molecule has 0 unspecified atom stereocenters. The first-order valence-corrected chi connectivity index (χ1v) is 5.49. The van der Waals surface area contributed by atoms with Crippen LogP contribution in [-0.2, 0) is 0 Å². The molecule has 0 atom stereocenters. The number of aliphatic hydroxyl groups is 1. The summed E-state index contributed by atoms with van der Waals surface area (Å²) in [5, 5.41) is 17.4. The number of ether oxygens (including phenoxy) is 1. The molecule has 0 heterocycles. The van der Waals surface area contributed by atoms with Crippen molar-refractivity contribution in [3.63, 3.8) is 0 Å². The van der Waals surface area contributed by atoms with Crippen molar-refractivity contribution < 1.29 is 19.7 Å². The van der Waals surface area contributed by atoms with E-state index in [4.69, 9.17) is 14.9 Å². The highest BCUT2D eigenvalue weighted by molar-refractivity contribution is 14.1. The lowest BCUT2D eigenvalue weighted by Gasteiger charge is -2.07. The van der Waals surface area contributed by atoms with E-state index in [1.807, 2.05) is 0 Å². The summed E-state index contributed by atoms with van der Waals surface area (Å²) >= 11 is 2.07. The molecule has 1 aromatic carbocycles. The number of carboxylic acid groups (broad SMARTS) is 1. The molecule has 0 spiro atoms. The zero-order valence-electron chi connectivity index (χ0n) is 7.94. The molecular formula is C10H11IO4. The van der Waals surface area contributed by atoms with Gasteiger partial charge in [-0.1, -0.05) is 0 Å². The molecule has 0 aliphatic carbocycles. The minimum atomic E-state index is -0.974. The van der Waals surface area contributed by atoms with E-state index in [0.717, 1.165) is 3.57 Å². The van der Waals surface area contributed by atoms with E-state index in [9.17, 15) is 4.79 Å². The van der Waals surface area contributed by atoms with Crippen molar-refractivity contribution in [3.8, 4) is 5.75 Å². The third-order valence-electron chi connectivity index (χ3n) is 1.74. The average Bonchev–Trinajstić information content (AvgIpc) is 2.20. The van der Waals surface area contributed by atoms with Gasteiger partial charge in [0, 0.05) is 13.0 Å². The predicted molar refractivity (Wildman–Crippen MR) is 63.3 cm³/mol. The molecule has 0 aromatic heterocycles. The lowest BCUT2D eigenvalue weighted by molar-refractivity contribution is 0.0696. The molecular weight excluding hydrogens is 311 g/mol. The third kappa shape index (κ3) is 3.67. The summed E-state index contributed by atoms with van der Waals surface area (Å²) in [7, 11) is 0. The van der Waals surface area contributed by atoms with Crippen LogP contribution in [0.3, 0.4) is 0 Å². The minimum Gasteiger partial charge on any atom is -0.492 e. The molecule has 0 amide bonds. The number of halogens is 1. The SMILES string of the molecule is O=C(O)c1ccc(I)c(OCCCO)c1. The monoisotopic (exact) mass is 322 g/mol. The maximum atomic E-state index is 10.7. The lowest BCUT2D eigenvalue weighted by Crippen LogP contribution is -2.03. The van der Waals surface area contributed by atoms with Gasteiger partial charge in [-0.3, -0.25) is 0 Å². The smallest absolute Gasteiger partial charge is 0.335 e. The van der Waals surface area contributed by atoms with Crippen LogP contribution in [0.15, 0.2) is 18.2 Å². The summed E-state index contributed by atoms with van der Waals surface area (Å²) in [6, 6.07) is 4.71. The fourth-order valence-electron chi connectivity index (χ4n) is 0.994. The Balaban J connectivity index is 2.76. The van der Waals surface area contributed by atoms with Crippen LogP contribution in [0.4, 0.5) is 0 Å². The number of aliphatic hydroxyl groups excluding tert-OH is 1. The molecule has 0 bridgehead atoms. The van der Waals surface area contributed by atoms with Gasteiger partial charge in [-0.25, -0.2) is 4.79 Å². The quantitative estimate of drug-likeness (QED) is 0.640. The first-order chi connectivity index (χ1) is 7.15. The van der Waals surface area contributed by atoms with Crippen molar-refractivity contribution in [1.29, 1.82) is 0 Å². The highest BCUT2D eigenvalue weighted by atomic mass is 127. The fourth-order valence-corrected chi connectivity index (χ4v) is 1.48. The molecule has 15 heavy (non-hydrogen) atoms. The van der Waals surface area contributed by atoms with E-state index >= 15 is 0 Å². The topological polar surface area (TPSA) is 66.8 Å². The zero-order valence-corrected chi connectivity index (χ0v) is 10.1. The van der Waals surface area contributed by atoms with Gasteiger partial charge in [0.1, 0.15) is 5.75 Å². The Morgan fingerprint density at radius 1 is 1.47 bits per heavy atom. The van der Waals surface area contributed by atoms with Crippen molar-refractivity contribution >= 4 is 28.6 Å². The molecule has 82 valence electrons. The second-order valence-electron chi connectivity index (χ2n) is 2.88. The van der Waals surface area contributed by atoms with Crippen LogP contribution in [0.5, 0.6) is 5.75 Å². The van der Waals surface area contributed by atoms with Gasteiger partial charge in [0.2, 0.25) is 0 Å². The summed E-state index contributed by atoms with van der Waals surface area (Å²) in [5.41, 5.74) is 0.203. The number of rotatable bonds is 5. The van der Waals surface area contributed by atoms with Crippen molar-refractivity contribution in [1.82, 2.24) is 0 Å². The van der Waals surface area contributed by atoms with Gasteiger partial charge >= 0.3 is 5.97 Å². The third-order valence-corrected chi connectivity index (χ3v) is 2.63. The van der Waals surface area contributed by atoms with E-state index in [-0.39, 0.29) is 12.2 Å². The standard InChI is InChI=1S/C10H11IO4/c11-8-3-2-7(10(13)14)6-9(8)15-5-1-4-12/h2-3,6,12H,1,4-5H2,(H,13,14). The molecule has 0 aliphatic heterocycles. The second-order valence-corrected chi connectivity index (χ2v) is 4.04. The Morgan fingerprint density at radius 3 is 2.80 bits per heavy atom. The van der Waals surface area contributed by atoms with E-state index in [1.165, 1.54) is 12.1 Å². The maximum Gasteiger partial charge on any atom is 0.335 e. The molecule has 1 rings (SSSR count). The van der Waals surface area contributed by atoms with Crippen molar-refractivity contribution in [2.75, 3.05) is 13.2 Å². The molecule has 0 fully saturated rings. The Labute approximate surface area is 101 Å². The molecule has 2 N–H and O–H groups in total. The lowest BCUT2D eigenvalue weighted by atomic mass is 10.2. The van der Waals surface area contributed by atoms with Crippen molar-refractivity contribution in [2.45, 2.75) is 6.42 Å². The normalized spacial score (nSPS) is 10.0. The summed E-state index contributed by atoms with van der Waals surface area (Å²) < 4.78 is 6.19. The van der Waals surface area contributed by atoms with Crippen LogP contribution in [0.1, 0.15) is 16.8 Å². The summed E-state index contributed by atoms with van der Waals surface area (Å²) in [6.45, 7) is 0.449. The summed E-state index contributed by atoms with van der Waals surface area (Å²) in [5.74, 6) is -0.428. The van der Waals surface area contributed by atoms with Gasteiger partial charge in [-0.15, -0.1) is 0 Å². The Bertz CT molecular complexity index is 351. The highest BCUT2D eigenvalue weighted by Gasteiger charge is 2.07. The van der Waals surface area contributed by atoms with Crippen LogP contribution in [0, 0.1) is 3.57 Å². The van der Waals surface area contributed by atoms with Crippen LogP contribution in [0.25, 0.3) is 0 Å². The number of aromatic carboxylic acids is 1. The van der Waals surface area contributed by atoms with Crippen molar-refractivity contribution in [2.24, 2.45) is 0 Å². The van der Waals surface area contributed by atoms with E-state index < -0.39 is 5.97 Å². The fraction of sp³-hybridized carbons (Fsp3) is 0.300. The molecule has 0 saturated carbocycles. The van der Waals surface area contributed by atoms with E-state index in [0.29, 0.717) is 18.8 Å². The summed E-state index contributed by atoms with van der Waals surface area (Å²) in [6.07, 6.45) is 0.535. The Hall–Kier alpha value is -0.820. The highest BCUT2D eigenvalue weighted by Crippen LogP contribution is 2.22. The minimum absolute atomic E-state index is 0.0647. The first kappa shape index (κ1) is 12.3. The molecule has 5 heteroatoms. The van der Waals surface area contributed by atoms with Gasteiger partial charge in [0.25, 0.3) is 0 Å². The van der Waals surface area contributed by atoms with Gasteiger partial charge in [0.05, 0.1) is 15.7 Å². The first-order valence-electron chi connectivity index (χ1n) is 4.41. The number of hydrogen-bond donors (Lipinski definition) is 2. The zero-order chi connectivity index (χ0) is 11.3. The number of benzene rings is 1. The van der Waals surface area contributed by atoms with Gasteiger partial charge in [-0.2, -0.15) is 0 Å². The number of carboxylic acids is 1. The van der Waals surface area contributed by atoms with Gasteiger partial charge in [-0.05, 0) is 40.8 Å². The Kier molecular flexibility index (Phi) is 4.83. The summed E-state index contributed by atoms with van der Waals surface area (Å²) in [4.78, 5) is 10.7. The van der Waals surface area contributed by atoms with Crippen LogP contribution < -0.4 is 4.74 Å². The van der Waals surface area contributed by atoms with Crippen LogP contribution in [-0.4, -0.2) is 29.4 Å².